The van der Waals surface area contributed by atoms with Crippen molar-refractivity contribution >= 4 is 29.2 Å². The summed E-state index contributed by atoms with van der Waals surface area (Å²) in [6, 6.07) is 0. The van der Waals surface area contributed by atoms with Crippen LogP contribution in [-0.4, -0.2) is 53.2 Å². The summed E-state index contributed by atoms with van der Waals surface area (Å²) < 4.78 is 4.89. The predicted molar refractivity (Wildman–Crippen MR) is 105 cm³/mol. The van der Waals surface area contributed by atoms with Crippen molar-refractivity contribution in [2.24, 2.45) is 0 Å². The maximum Gasteiger partial charge on any atom is 0.305 e. The molecule has 7 heteroatoms. The predicted octanol–water partition coefficient (Wildman–Crippen LogP) is 2.93. The van der Waals surface area contributed by atoms with Crippen molar-refractivity contribution in [3.63, 3.8) is 0 Å². The molecule has 0 aromatic heterocycles. The first-order valence-electron chi connectivity index (χ1n) is 9.81. The molecule has 0 saturated carbocycles. The van der Waals surface area contributed by atoms with Crippen LogP contribution in [0.4, 0.5) is 0 Å². The number of hydrogen-bond donors (Lipinski definition) is 1. The number of esters is 1. The molecule has 1 amide bonds. The van der Waals surface area contributed by atoms with Gasteiger partial charge < -0.3 is 10.1 Å². The largest absolute Gasteiger partial charge is 0.466 e. The molecule has 0 unspecified atom stereocenters. The van der Waals surface area contributed by atoms with Crippen molar-refractivity contribution < 1.29 is 14.3 Å². The molecule has 0 bridgehead atoms. The minimum absolute atomic E-state index is 0.0194. The van der Waals surface area contributed by atoms with Gasteiger partial charge in [-0.3, -0.25) is 19.6 Å². The van der Waals surface area contributed by atoms with E-state index in [2.05, 4.69) is 11.4 Å². The van der Waals surface area contributed by atoms with Gasteiger partial charge in [0.1, 0.15) is 0 Å². The summed E-state index contributed by atoms with van der Waals surface area (Å²) in [6.07, 6.45) is 10.4. The number of nitrogens with zero attached hydrogens (tertiary/aromatic N) is 2. The maximum atomic E-state index is 12.5. The average Bonchev–Trinajstić information content (AvgIpc) is 3.12. The highest BCUT2D eigenvalue weighted by molar-refractivity contribution is 7.80. The Bertz CT molecular complexity index is 536. The van der Waals surface area contributed by atoms with Crippen molar-refractivity contribution in [3.05, 3.63) is 11.6 Å². The van der Waals surface area contributed by atoms with E-state index in [9.17, 15) is 9.59 Å². The number of rotatable bonds is 8. The zero-order valence-corrected chi connectivity index (χ0v) is 16.6. The van der Waals surface area contributed by atoms with Crippen LogP contribution in [0, 0.1) is 0 Å². The molecular formula is C19H31N3O3S. The summed E-state index contributed by atoms with van der Waals surface area (Å²) in [5.41, 5.74) is 1.51. The lowest BCUT2D eigenvalue weighted by atomic mass is 9.97. The van der Waals surface area contributed by atoms with E-state index in [-0.39, 0.29) is 18.3 Å². The molecule has 1 aliphatic heterocycles. The van der Waals surface area contributed by atoms with Gasteiger partial charge in [-0.25, -0.2) is 0 Å². The lowest BCUT2D eigenvalue weighted by Gasteiger charge is -2.30. The molecule has 26 heavy (non-hydrogen) atoms. The van der Waals surface area contributed by atoms with Crippen LogP contribution < -0.4 is 5.32 Å². The molecule has 6 nitrogen and oxygen atoms in total. The second kappa shape index (κ2) is 11.2. The van der Waals surface area contributed by atoms with Crippen LogP contribution in [0.25, 0.3) is 0 Å². The first kappa shape index (κ1) is 20.7. The van der Waals surface area contributed by atoms with Crippen LogP contribution >= 0.6 is 12.2 Å². The van der Waals surface area contributed by atoms with E-state index in [4.69, 9.17) is 17.0 Å². The number of thiocarbonyl (C=S) groups is 1. The van der Waals surface area contributed by atoms with Gasteiger partial charge in [0.2, 0.25) is 5.91 Å². The molecule has 1 heterocycles. The van der Waals surface area contributed by atoms with Gasteiger partial charge in [-0.2, -0.15) is 0 Å². The second-order valence-corrected chi connectivity index (χ2v) is 7.13. The lowest BCUT2D eigenvalue weighted by Crippen LogP contribution is -2.49. The fourth-order valence-electron chi connectivity index (χ4n) is 3.38. The van der Waals surface area contributed by atoms with Crippen LogP contribution in [0.2, 0.25) is 0 Å². The minimum atomic E-state index is -0.243. The number of carbonyl (C=O) groups excluding carboxylic acids is 2. The first-order chi connectivity index (χ1) is 12.6. The monoisotopic (exact) mass is 381 g/mol. The molecule has 1 aliphatic carbocycles. The fourth-order valence-corrected chi connectivity index (χ4v) is 3.67. The molecule has 0 radical (unpaired) electrons. The highest BCUT2D eigenvalue weighted by Gasteiger charge is 2.28. The first-order valence-corrected chi connectivity index (χ1v) is 10.2. The third-order valence-electron chi connectivity index (χ3n) is 4.74. The Hall–Kier alpha value is -1.63. The van der Waals surface area contributed by atoms with Gasteiger partial charge in [-0.15, -0.1) is 0 Å². The minimum Gasteiger partial charge on any atom is -0.466 e. The zero-order chi connectivity index (χ0) is 18.8. The van der Waals surface area contributed by atoms with E-state index >= 15 is 0 Å². The number of carbonyl (C=O) groups is 2. The molecular weight excluding hydrogens is 350 g/mol. The Morgan fingerprint density at radius 1 is 1.19 bits per heavy atom. The maximum absolute atomic E-state index is 12.5. The van der Waals surface area contributed by atoms with Gasteiger partial charge in [0.15, 0.2) is 5.11 Å². The van der Waals surface area contributed by atoms with Crippen LogP contribution in [0.5, 0.6) is 0 Å². The molecule has 0 atom stereocenters. The van der Waals surface area contributed by atoms with Gasteiger partial charge in [0.25, 0.3) is 0 Å². The van der Waals surface area contributed by atoms with Gasteiger partial charge in [0.05, 0.1) is 6.61 Å². The Labute approximate surface area is 161 Å². The molecule has 0 aromatic carbocycles. The van der Waals surface area contributed by atoms with Gasteiger partial charge >= 0.3 is 5.97 Å². The number of allylic oxidation sites excluding steroid dienone is 1. The normalized spacial score (nSPS) is 17.0. The average molecular weight is 382 g/mol. The summed E-state index contributed by atoms with van der Waals surface area (Å²) in [6.45, 7) is 4.42. The van der Waals surface area contributed by atoms with Crippen molar-refractivity contribution in [2.45, 2.75) is 64.7 Å². The van der Waals surface area contributed by atoms with Gasteiger partial charge in [0, 0.05) is 32.5 Å². The summed E-state index contributed by atoms with van der Waals surface area (Å²) in [7, 11) is 0. The third kappa shape index (κ3) is 6.59. The molecule has 0 aromatic rings. The number of hydrazine groups is 1. The highest BCUT2D eigenvalue weighted by atomic mass is 32.1. The van der Waals surface area contributed by atoms with Crippen molar-refractivity contribution in [2.75, 3.05) is 26.2 Å². The molecule has 2 aliphatic rings. The van der Waals surface area contributed by atoms with Gasteiger partial charge in [-0.1, -0.05) is 11.6 Å². The zero-order valence-electron chi connectivity index (χ0n) is 15.8. The molecule has 1 fully saturated rings. The van der Waals surface area contributed by atoms with Crippen molar-refractivity contribution in [1.82, 2.24) is 15.3 Å². The Balaban J connectivity index is 1.71. The number of hydrogen-bond acceptors (Lipinski definition) is 4. The van der Waals surface area contributed by atoms with E-state index < -0.39 is 0 Å². The van der Waals surface area contributed by atoms with E-state index in [1.807, 2.05) is 5.01 Å². The summed E-state index contributed by atoms with van der Waals surface area (Å²) in [5.74, 6) is -0.223. The van der Waals surface area contributed by atoms with Gasteiger partial charge in [-0.05, 0) is 64.1 Å². The number of ether oxygens (including phenoxy) is 1. The Morgan fingerprint density at radius 2 is 2.00 bits per heavy atom. The third-order valence-corrected chi connectivity index (χ3v) is 5.09. The smallest absolute Gasteiger partial charge is 0.305 e. The van der Waals surface area contributed by atoms with E-state index in [1.54, 1.807) is 11.9 Å². The summed E-state index contributed by atoms with van der Waals surface area (Å²) >= 11 is 5.49. The highest BCUT2D eigenvalue weighted by Crippen LogP contribution is 2.19. The van der Waals surface area contributed by atoms with Crippen molar-refractivity contribution in [3.8, 4) is 0 Å². The number of nitrogens with one attached hydrogen (secondary N) is 1. The fraction of sp³-hybridized carbons (Fsp3) is 0.737. The topological polar surface area (TPSA) is 61.9 Å². The van der Waals surface area contributed by atoms with E-state index in [0.717, 1.165) is 25.9 Å². The summed E-state index contributed by atoms with van der Waals surface area (Å²) in [4.78, 5) is 23.8. The standard InChI is InChI=1S/C19H31N3O3S/c1-2-25-18(24)11-6-10-17(23)21-14-7-15-22(21)19(26)20-13-12-16-8-4-3-5-9-16/h8H,2-7,9-15H2,1H3,(H,20,26). The second-order valence-electron chi connectivity index (χ2n) is 6.74. The lowest BCUT2D eigenvalue weighted by molar-refractivity contribution is -0.143. The quantitative estimate of drug-likeness (QED) is 0.396. The van der Waals surface area contributed by atoms with E-state index in [1.165, 1.54) is 31.3 Å². The molecule has 146 valence electrons. The Morgan fingerprint density at radius 3 is 2.73 bits per heavy atom. The SMILES string of the molecule is CCOC(=O)CCCC(=O)N1CCCN1C(=S)NCCC1=CCCCC1. The van der Waals surface area contributed by atoms with Crippen LogP contribution in [0.15, 0.2) is 11.6 Å². The van der Waals surface area contributed by atoms with Crippen LogP contribution in [-0.2, 0) is 14.3 Å². The molecule has 2 rings (SSSR count). The summed E-state index contributed by atoms with van der Waals surface area (Å²) in [5, 5.41) is 7.51. The molecule has 0 spiro atoms. The van der Waals surface area contributed by atoms with Crippen LogP contribution in [0.1, 0.15) is 64.7 Å². The van der Waals surface area contributed by atoms with Crippen molar-refractivity contribution in [1.29, 1.82) is 0 Å². The van der Waals surface area contributed by atoms with E-state index in [0.29, 0.717) is 31.1 Å². The molecule has 1 N–H and O–H groups in total. The van der Waals surface area contributed by atoms with Crippen LogP contribution in [0.3, 0.4) is 0 Å². The molecule has 1 saturated heterocycles. The number of amides is 1. The Kier molecular flexibility index (Phi) is 8.88.